The maximum Gasteiger partial charge on any atom is 0.123 e. The standard InChI is InChI=1S/C22H16O/c23-22-13-12-20(15-21(22)17-7-2-1-3-8-17)19-11-10-16-6-4-5-9-18(16)14-19/h1-15,23H/i1D,2D,3D,7D,8D. The molecular formula is C22H16O. The number of hydrogen-bond acceptors (Lipinski definition) is 1. The maximum absolute atomic E-state index is 10.4. The van der Waals surface area contributed by atoms with Crippen molar-refractivity contribution in [2.75, 3.05) is 0 Å². The zero-order valence-electron chi connectivity index (χ0n) is 17.2. The first kappa shape index (κ1) is 9.16. The van der Waals surface area contributed by atoms with Crippen molar-refractivity contribution in [2.24, 2.45) is 0 Å². The molecule has 0 aliphatic rings. The molecule has 1 N–H and O–H groups in total. The predicted octanol–water partition coefficient (Wildman–Crippen LogP) is 5.88. The van der Waals surface area contributed by atoms with Gasteiger partial charge in [-0.05, 0) is 45.7 Å². The van der Waals surface area contributed by atoms with Crippen LogP contribution in [0.3, 0.4) is 0 Å². The summed E-state index contributed by atoms with van der Waals surface area (Å²) in [7, 11) is 0. The van der Waals surface area contributed by atoms with E-state index >= 15 is 0 Å². The Morgan fingerprint density at radius 1 is 0.652 bits per heavy atom. The van der Waals surface area contributed by atoms with Crippen molar-refractivity contribution in [1.82, 2.24) is 0 Å². The first-order valence-electron chi connectivity index (χ1n) is 9.78. The molecule has 1 nitrogen and oxygen atoms in total. The van der Waals surface area contributed by atoms with Crippen LogP contribution in [0.25, 0.3) is 33.0 Å². The van der Waals surface area contributed by atoms with Crippen LogP contribution in [-0.2, 0) is 0 Å². The second-order valence-corrected chi connectivity index (χ2v) is 5.29. The first-order chi connectivity index (χ1) is 13.4. The fraction of sp³-hybridized carbons (Fsp3) is 0. The summed E-state index contributed by atoms with van der Waals surface area (Å²) >= 11 is 0. The van der Waals surface area contributed by atoms with Gasteiger partial charge in [-0.2, -0.15) is 0 Å². The summed E-state index contributed by atoms with van der Waals surface area (Å²) in [5.74, 6) is -0.136. The average molecular weight is 301 g/mol. The molecule has 0 aliphatic carbocycles. The van der Waals surface area contributed by atoms with Gasteiger partial charge >= 0.3 is 0 Å². The van der Waals surface area contributed by atoms with E-state index in [-0.39, 0.29) is 29.0 Å². The molecule has 0 atom stereocenters. The minimum atomic E-state index is -0.455. The number of rotatable bonds is 2. The van der Waals surface area contributed by atoms with E-state index in [1.807, 2.05) is 42.5 Å². The number of phenolic OH excluding ortho intramolecular Hbond substituents is 1. The molecule has 0 radical (unpaired) electrons. The summed E-state index contributed by atoms with van der Waals surface area (Å²) in [5, 5.41) is 12.5. The molecule has 0 fully saturated rings. The fourth-order valence-electron chi connectivity index (χ4n) is 2.67. The third-order valence-corrected chi connectivity index (χ3v) is 3.85. The Labute approximate surface area is 142 Å². The van der Waals surface area contributed by atoms with E-state index in [0.29, 0.717) is 0 Å². The van der Waals surface area contributed by atoms with Gasteiger partial charge in [0.1, 0.15) is 5.75 Å². The van der Waals surface area contributed by atoms with E-state index in [1.165, 1.54) is 6.07 Å². The van der Waals surface area contributed by atoms with E-state index in [2.05, 4.69) is 0 Å². The quantitative estimate of drug-likeness (QED) is 0.490. The van der Waals surface area contributed by atoms with Crippen LogP contribution in [0, 0.1) is 0 Å². The summed E-state index contributed by atoms with van der Waals surface area (Å²) in [6.07, 6.45) is 0. The van der Waals surface area contributed by atoms with Gasteiger partial charge in [0.2, 0.25) is 0 Å². The number of phenols is 1. The van der Waals surface area contributed by atoms with Crippen molar-refractivity contribution >= 4 is 10.8 Å². The van der Waals surface area contributed by atoms with E-state index in [4.69, 9.17) is 6.85 Å². The van der Waals surface area contributed by atoms with Gasteiger partial charge in [-0.1, -0.05) is 72.7 Å². The van der Waals surface area contributed by atoms with E-state index in [1.54, 1.807) is 12.1 Å². The SMILES string of the molecule is [2H]c1c([2H])c([2H])c(-c2cc(-c3ccc4ccccc4c3)ccc2O)c([2H])c1[2H]. The molecule has 0 aliphatic heterocycles. The van der Waals surface area contributed by atoms with E-state index in [9.17, 15) is 5.11 Å². The Bertz CT molecular complexity index is 1200. The van der Waals surface area contributed by atoms with Crippen molar-refractivity contribution in [1.29, 1.82) is 0 Å². The largest absolute Gasteiger partial charge is 0.507 e. The smallest absolute Gasteiger partial charge is 0.123 e. The van der Waals surface area contributed by atoms with Gasteiger partial charge < -0.3 is 5.11 Å². The van der Waals surface area contributed by atoms with E-state index in [0.717, 1.165) is 21.9 Å². The van der Waals surface area contributed by atoms with Crippen molar-refractivity contribution in [3.8, 4) is 28.0 Å². The lowest BCUT2D eigenvalue weighted by molar-refractivity contribution is 0.477. The third-order valence-electron chi connectivity index (χ3n) is 3.85. The molecule has 1 heteroatoms. The summed E-state index contributed by atoms with van der Waals surface area (Å²) in [6.45, 7) is 0. The monoisotopic (exact) mass is 301 g/mol. The Morgan fingerprint density at radius 3 is 2.17 bits per heavy atom. The zero-order chi connectivity index (χ0) is 20.0. The van der Waals surface area contributed by atoms with Gasteiger partial charge in [-0.3, -0.25) is 0 Å². The molecule has 110 valence electrons. The molecule has 0 heterocycles. The lowest BCUT2D eigenvalue weighted by Gasteiger charge is -2.09. The lowest BCUT2D eigenvalue weighted by atomic mass is 9.96. The fourth-order valence-corrected chi connectivity index (χ4v) is 2.67. The molecular weight excluding hydrogens is 280 g/mol. The van der Waals surface area contributed by atoms with Gasteiger partial charge in [-0.25, -0.2) is 0 Å². The van der Waals surface area contributed by atoms with Crippen LogP contribution in [0.15, 0.2) is 90.9 Å². The van der Waals surface area contributed by atoms with Crippen LogP contribution in [0.2, 0.25) is 0 Å². The van der Waals surface area contributed by atoms with Gasteiger partial charge in [0.15, 0.2) is 0 Å². The van der Waals surface area contributed by atoms with Crippen LogP contribution in [0.5, 0.6) is 5.75 Å². The molecule has 0 saturated carbocycles. The van der Waals surface area contributed by atoms with Crippen LogP contribution >= 0.6 is 0 Å². The Hall–Kier alpha value is -3.06. The average Bonchev–Trinajstić information content (AvgIpc) is 2.72. The molecule has 0 aromatic heterocycles. The molecule has 4 rings (SSSR count). The highest BCUT2D eigenvalue weighted by molar-refractivity contribution is 5.88. The lowest BCUT2D eigenvalue weighted by Crippen LogP contribution is -1.83. The highest BCUT2D eigenvalue weighted by Crippen LogP contribution is 2.34. The van der Waals surface area contributed by atoms with Crippen molar-refractivity contribution in [2.45, 2.75) is 0 Å². The number of fused-ring (bicyclic) bond motifs is 1. The molecule has 4 aromatic rings. The van der Waals surface area contributed by atoms with Crippen molar-refractivity contribution < 1.29 is 12.0 Å². The summed E-state index contributed by atoms with van der Waals surface area (Å²) in [4.78, 5) is 0. The molecule has 0 amide bonds. The maximum atomic E-state index is 10.4. The Balaban J connectivity index is 1.93. The Kier molecular flexibility index (Phi) is 2.24. The van der Waals surface area contributed by atoms with Crippen LogP contribution in [0.4, 0.5) is 0 Å². The molecule has 23 heavy (non-hydrogen) atoms. The van der Waals surface area contributed by atoms with E-state index < -0.39 is 18.1 Å². The minimum Gasteiger partial charge on any atom is -0.507 e. The normalized spacial score (nSPS) is 13.8. The van der Waals surface area contributed by atoms with Crippen molar-refractivity contribution in [3.63, 3.8) is 0 Å². The second kappa shape index (κ2) is 5.62. The summed E-state index contributed by atoms with van der Waals surface area (Å²) < 4.78 is 39.8. The number of aromatic hydroxyl groups is 1. The highest BCUT2D eigenvalue weighted by Gasteiger charge is 2.07. The molecule has 0 spiro atoms. The van der Waals surface area contributed by atoms with Gasteiger partial charge in [0.25, 0.3) is 0 Å². The van der Waals surface area contributed by atoms with Gasteiger partial charge in [0.05, 0.1) is 6.85 Å². The Morgan fingerprint density at radius 2 is 1.35 bits per heavy atom. The van der Waals surface area contributed by atoms with Gasteiger partial charge in [0, 0.05) is 5.56 Å². The highest BCUT2D eigenvalue weighted by atomic mass is 16.3. The second-order valence-electron chi connectivity index (χ2n) is 5.29. The van der Waals surface area contributed by atoms with Crippen LogP contribution < -0.4 is 0 Å². The number of benzene rings is 4. The number of hydrogen-bond donors (Lipinski definition) is 1. The minimum absolute atomic E-state index is 0.00820. The summed E-state index contributed by atoms with van der Waals surface area (Å²) in [6, 6.07) is 16.9. The zero-order valence-corrected chi connectivity index (χ0v) is 12.2. The van der Waals surface area contributed by atoms with Crippen LogP contribution in [-0.4, -0.2) is 5.11 Å². The molecule has 4 aromatic carbocycles. The molecule has 0 unspecified atom stereocenters. The van der Waals surface area contributed by atoms with Gasteiger partial charge in [-0.15, -0.1) is 0 Å². The molecule has 0 saturated heterocycles. The summed E-state index contributed by atoms with van der Waals surface area (Å²) in [5.41, 5.74) is 1.89. The first-order valence-corrected chi connectivity index (χ1v) is 7.28. The topological polar surface area (TPSA) is 20.2 Å². The predicted molar refractivity (Wildman–Crippen MR) is 96.5 cm³/mol. The van der Waals surface area contributed by atoms with Crippen LogP contribution in [0.1, 0.15) is 6.85 Å². The third kappa shape index (κ3) is 2.58. The van der Waals surface area contributed by atoms with Crippen molar-refractivity contribution in [3.05, 3.63) is 90.9 Å². The molecule has 0 bridgehead atoms.